The summed E-state index contributed by atoms with van der Waals surface area (Å²) in [6.07, 6.45) is 0.324. The second-order valence-electron chi connectivity index (χ2n) is 2.71. The molecule has 1 rings (SSSR count). The molecule has 2 N–H and O–H groups in total. The Bertz CT molecular complexity index is 385. The number of benzene rings is 1. The quantitative estimate of drug-likeness (QED) is 0.696. The van der Waals surface area contributed by atoms with Crippen molar-refractivity contribution in [3.8, 4) is 17.6 Å². The molecule has 14 heavy (non-hydrogen) atoms. The van der Waals surface area contributed by atoms with Crippen molar-refractivity contribution in [2.45, 2.75) is 12.8 Å². The number of rotatable bonds is 2. The highest BCUT2D eigenvalue weighted by Gasteiger charge is 1.94. The summed E-state index contributed by atoms with van der Waals surface area (Å²) >= 11 is 0. The third-order valence-electron chi connectivity index (χ3n) is 1.59. The first kappa shape index (κ1) is 10.1. The van der Waals surface area contributed by atoms with Crippen LogP contribution in [0, 0.1) is 11.8 Å². The predicted octanol–water partition coefficient (Wildman–Crippen LogP) is 1.61. The average Bonchev–Trinajstić information content (AvgIpc) is 2.15. The topological polar surface area (TPSA) is 57.5 Å². The van der Waals surface area contributed by atoms with Crippen LogP contribution in [-0.4, -0.2) is 16.2 Å². The third-order valence-corrected chi connectivity index (χ3v) is 1.59. The smallest absolute Gasteiger partial charge is 0.304 e. The normalized spacial score (nSPS) is 8.86. The number of carboxylic acid groups (broad SMARTS) is 1. The molecule has 0 radical (unpaired) electrons. The lowest BCUT2D eigenvalue weighted by Crippen LogP contribution is -1.91. The number of para-hydroxylation sites is 1. The van der Waals surface area contributed by atoms with Gasteiger partial charge in [0.15, 0.2) is 0 Å². The largest absolute Gasteiger partial charge is 0.507 e. The van der Waals surface area contributed by atoms with Gasteiger partial charge >= 0.3 is 5.97 Å². The van der Waals surface area contributed by atoms with E-state index in [0.717, 1.165) is 0 Å². The van der Waals surface area contributed by atoms with E-state index in [1.54, 1.807) is 24.3 Å². The molecule has 72 valence electrons. The van der Waals surface area contributed by atoms with Gasteiger partial charge in [-0.1, -0.05) is 24.0 Å². The van der Waals surface area contributed by atoms with Crippen molar-refractivity contribution in [2.75, 3.05) is 0 Å². The number of carbonyl (C=O) groups is 1. The molecule has 0 amide bonds. The zero-order valence-corrected chi connectivity index (χ0v) is 7.53. The molecule has 0 spiro atoms. The lowest BCUT2D eigenvalue weighted by molar-refractivity contribution is -0.136. The average molecular weight is 190 g/mol. The molecule has 0 aliphatic heterocycles. The van der Waals surface area contributed by atoms with E-state index < -0.39 is 5.97 Å². The number of hydrogen-bond acceptors (Lipinski definition) is 2. The van der Waals surface area contributed by atoms with E-state index in [-0.39, 0.29) is 12.2 Å². The molecule has 1 aromatic rings. The highest BCUT2D eigenvalue weighted by molar-refractivity contribution is 5.67. The van der Waals surface area contributed by atoms with Crippen molar-refractivity contribution in [1.29, 1.82) is 0 Å². The van der Waals surface area contributed by atoms with Gasteiger partial charge in [-0.25, -0.2) is 0 Å². The fourth-order valence-corrected chi connectivity index (χ4v) is 0.907. The number of phenolic OH excluding ortho intramolecular Hbond substituents is 1. The van der Waals surface area contributed by atoms with Crippen molar-refractivity contribution < 1.29 is 15.0 Å². The molecular formula is C11H10O3. The number of hydrogen-bond donors (Lipinski definition) is 2. The molecule has 1 aromatic carbocycles. The van der Waals surface area contributed by atoms with Crippen LogP contribution >= 0.6 is 0 Å². The van der Waals surface area contributed by atoms with Gasteiger partial charge in [0.2, 0.25) is 0 Å². The van der Waals surface area contributed by atoms with Crippen LogP contribution in [-0.2, 0) is 4.79 Å². The molecule has 0 atom stereocenters. The number of aliphatic carboxylic acids is 1. The van der Waals surface area contributed by atoms with Gasteiger partial charge < -0.3 is 10.2 Å². The first-order chi connectivity index (χ1) is 6.70. The molecule has 0 fully saturated rings. The maximum atomic E-state index is 10.2. The van der Waals surface area contributed by atoms with Gasteiger partial charge in [-0.2, -0.15) is 0 Å². The SMILES string of the molecule is O=C(O)CCC#Cc1ccccc1O. The highest BCUT2D eigenvalue weighted by atomic mass is 16.4. The minimum atomic E-state index is -0.864. The summed E-state index contributed by atoms with van der Waals surface area (Å²) in [7, 11) is 0. The summed E-state index contributed by atoms with van der Waals surface area (Å²) < 4.78 is 0. The van der Waals surface area contributed by atoms with Crippen molar-refractivity contribution in [1.82, 2.24) is 0 Å². The molecule has 0 aliphatic rings. The summed E-state index contributed by atoms with van der Waals surface area (Å²) in [5.74, 6) is 4.64. The molecule has 0 bridgehead atoms. The Morgan fingerprint density at radius 1 is 1.36 bits per heavy atom. The van der Waals surface area contributed by atoms with E-state index >= 15 is 0 Å². The molecule has 0 aromatic heterocycles. The van der Waals surface area contributed by atoms with Crippen molar-refractivity contribution in [3.63, 3.8) is 0 Å². The van der Waals surface area contributed by atoms with Crippen LogP contribution < -0.4 is 0 Å². The third kappa shape index (κ3) is 3.20. The van der Waals surface area contributed by atoms with Crippen LogP contribution in [0.15, 0.2) is 24.3 Å². The van der Waals surface area contributed by atoms with Crippen molar-refractivity contribution in [2.24, 2.45) is 0 Å². The molecule has 0 saturated heterocycles. The Hall–Kier alpha value is -1.95. The van der Waals surface area contributed by atoms with E-state index in [1.165, 1.54) is 0 Å². The Morgan fingerprint density at radius 2 is 2.07 bits per heavy atom. The van der Waals surface area contributed by atoms with E-state index in [4.69, 9.17) is 5.11 Å². The van der Waals surface area contributed by atoms with Crippen molar-refractivity contribution >= 4 is 5.97 Å². The fraction of sp³-hybridized carbons (Fsp3) is 0.182. The van der Waals surface area contributed by atoms with E-state index in [1.807, 2.05) is 0 Å². The second kappa shape index (κ2) is 4.93. The Kier molecular flexibility index (Phi) is 3.57. The van der Waals surface area contributed by atoms with Crippen LogP contribution in [0.5, 0.6) is 5.75 Å². The molecule has 3 heteroatoms. The zero-order valence-electron chi connectivity index (χ0n) is 7.53. The predicted molar refractivity (Wildman–Crippen MR) is 51.9 cm³/mol. The van der Waals surface area contributed by atoms with Gasteiger partial charge in [-0.3, -0.25) is 4.79 Å². The zero-order chi connectivity index (χ0) is 10.4. The van der Waals surface area contributed by atoms with Crippen LogP contribution in [0.25, 0.3) is 0 Å². The first-order valence-corrected chi connectivity index (χ1v) is 4.19. The highest BCUT2D eigenvalue weighted by Crippen LogP contribution is 2.13. The summed E-state index contributed by atoms with van der Waals surface area (Å²) in [5.41, 5.74) is 0.526. The standard InChI is InChI=1S/C11H10O3/c12-10-7-3-1-5-9(10)6-2-4-8-11(13)14/h1,3,5,7,12H,4,8H2,(H,13,14). The lowest BCUT2D eigenvalue weighted by atomic mass is 10.2. The van der Waals surface area contributed by atoms with E-state index in [2.05, 4.69) is 11.8 Å². The summed E-state index contributed by atoms with van der Waals surface area (Å²) in [5, 5.41) is 17.6. The molecule has 3 nitrogen and oxygen atoms in total. The summed E-state index contributed by atoms with van der Waals surface area (Å²) in [6, 6.07) is 6.70. The Labute approximate surface area is 82.0 Å². The molecule has 0 saturated carbocycles. The number of carboxylic acids is 1. The molecule has 0 aliphatic carbocycles. The molecule has 0 unspecified atom stereocenters. The van der Waals surface area contributed by atoms with Gasteiger partial charge in [-0.15, -0.1) is 0 Å². The second-order valence-corrected chi connectivity index (χ2v) is 2.71. The van der Waals surface area contributed by atoms with Gasteiger partial charge in [-0.05, 0) is 12.1 Å². The van der Waals surface area contributed by atoms with E-state index in [9.17, 15) is 9.90 Å². The summed E-state index contributed by atoms with van der Waals surface area (Å²) in [4.78, 5) is 10.2. The maximum Gasteiger partial charge on any atom is 0.304 e. The van der Waals surface area contributed by atoms with Crippen LogP contribution in [0.1, 0.15) is 18.4 Å². The fourth-order valence-electron chi connectivity index (χ4n) is 0.907. The van der Waals surface area contributed by atoms with Crippen LogP contribution in [0.4, 0.5) is 0 Å². The maximum absolute atomic E-state index is 10.2. The van der Waals surface area contributed by atoms with Crippen molar-refractivity contribution in [3.05, 3.63) is 29.8 Å². The molecular weight excluding hydrogens is 180 g/mol. The van der Waals surface area contributed by atoms with Gasteiger partial charge in [0.05, 0.1) is 12.0 Å². The van der Waals surface area contributed by atoms with Gasteiger partial charge in [0.25, 0.3) is 0 Å². The van der Waals surface area contributed by atoms with Gasteiger partial charge in [0.1, 0.15) is 5.75 Å². The van der Waals surface area contributed by atoms with Crippen LogP contribution in [0.3, 0.4) is 0 Å². The minimum absolute atomic E-state index is 0.0284. The van der Waals surface area contributed by atoms with Crippen LogP contribution in [0.2, 0.25) is 0 Å². The van der Waals surface area contributed by atoms with Gasteiger partial charge in [0, 0.05) is 6.42 Å². The Morgan fingerprint density at radius 3 is 2.71 bits per heavy atom. The minimum Gasteiger partial charge on any atom is -0.507 e. The Balaban J connectivity index is 2.59. The monoisotopic (exact) mass is 190 g/mol. The van der Waals surface area contributed by atoms with E-state index in [0.29, 0.717) is 12.0 Å². The molecule has 0 heterocycles. The lowest BCUT2D eigenvalue weighted by Gasteiger charge is -1.93. The number of phenols is 1. The first-order valence-electron chi connectivity index (χ1n) is 4.19. The number of aromatic hydroxyl groups is 1. The summed E-state index contributed by atoms with van der Waals surface area (Å²) in [6.45, 7) is 0.